The lowest BCUT2D eigenvalue weighted by Gasteiger charge is -2.11. The first-order chi connectivity index (χ1) is 8.19. The highest BCUT2D eigenvalue weighted by atomic mass is 16.7. The lowest BCUT2D eigenvalue weighted by atomic mass is 10.2. The Labute approximate surface area is 98.9 Å². The zero-order valence-electron chi connectivity index (χ0n) is 9.46. The summed E-state index contributed by atoms with van der Waals surface area (Å²) in [5.74, 6) is -0.122. The largest absolute Gasteiger partial charge is 0.497 e. The molecule has 5 nitrogen and oxygen atoms in total. The van der Waals surface area contributed by atoms with Crippen molar-refractivity contribution in [2.45, 2.75) is 18.8 Å². The molecule has 1 aromatic carbocycles. The summed E-state index contributed by atoms with van der Waals surface area (Å²) in [6.45, 7) is 0.309. The van der Waals surface area contributed by atoms with Crippen LogP contribution in [0, 0.1) is 0 Å². The maximum Gasteiger partial charge on any atom is 0.306 e. The molecule has 2 rings (SSSR count). The highest BCUT2D eigenvalue weighted by molar-refractivity contribution is 5.67. The maximum atomic E-state index is 10.5. The number of methoxy groups -OCH3 is 1. The Morgan fingerprint density at radius 2 is 2.18 bits per heavy atom. The Balaban J connectivity index is 1.97. The number of rotatable bonds is 4. The zero-order chi connectivity index (χ0) is 12.3. The molecule has 5 heteroatoms. The molecule has 0 bridgehead atoms. The van der Waals surface area contributed by atoms with E-state index in [1.807, 2.05) is 24.3 Å². The fourth-order valence-corrected chi connectivity index (χ4v) is 1.69. The van der Waals surface area contributed by atoms with Gasteiger partial charge in [-0.25, -0.2) is 0 Å². The summed E-state index contributed by atoms with van der Waals surface area (Å²) < 4.78 is 15.9. The molecule has 1 N–H and O–H groups in total. The summed E-state index contributed by atoms with van der Waals surface area (Å²) >= 11 is 0. The summed E-state index contributed by atoms with van der Waals surface area (Å²) in [5.41, 5.74) is 0.860. The fourth-order valence-electron chi connectivity index (χ4n) is 1.69. The van der Waals surface area contributed by atoms with Gasteiger partial charge in [0.05, 0.1) is 26.2 Å². The molecule has 0 aliphatic carbocycles. The predicted molar refractivity (Wildman–Crippen MR) is 58.8 cm³/mol. The first-order valence-corrected chi connectivity index (χ1v) is 5.32. The molecule has 1 heterocycles. The van der Waals surface area contributed by atoms with Crippen LogP contribution in [0.15, 0.2) is 24.3 Å². The zero-order valence-corrected chi connectivity index (χ0v) is 9.46. The van der Waals surface area contributed by atoms with Crippen molar-refractivity contribution in [2.75, 3.05) is 13.7 Å². The van der Waals surface area contributed by atoms with Crippen molar-refractivity contribution in [1.29, 1.82) is 0 Å². The molecule has 1 saturated heterocycles. The van der Waals surface area contributed by atoms with E-state index in [1.165, 1.54) is 0 Å². The molecule has 1 aromatic rings. The van der Waals surface area contributed by atoms with Gasteiger partial charge in [-0.05, 0) is 12.1 Å². The molecule has 0 saturated carbocycles. The molecule has 17 heavy (non-hydrogen) atoms. The lowest BCUT2D eigenvalue weighted by Crippen LogP contribution is -2.15. The van der Waals surface area contributed by atoms with Gasteiger partial charge >= 0.3 is 5.97 Å². The van der Waals surface area contributed by atoms with Gasteiger partial charge in [-0.3, -0.25) is 4.79 Å². The van der Waals surface area contributed by atoms with E-state index in [2.05, 4.69) is 0 Å². The van der Waals surface area contributed by atoms with Gasteiger partial charge in [0, 0.05) is 5.56 Å². The van der Waals surface area contributed by atoms with E-state index in [1.54, 1.807) is 7.11 Å². The Hall–Kier alpha value is -1.59. The van der Waals surface area contributed by atoms with Crippen LogP contribution in [-0.2, 0) is 14.3 Å². The number of hydrogen-bond donors (Lipinski definition) is 1. The first kappa shape index (κ1) is 11.9. The average Bonchev–Trinajstić information content (AvgIpc) is 2.77. The van der Waals surface area contributed by atoms with E-state index in [0.29, 0.717) is 6.61 Å². The Bertz CT molecular complexity index is 386. The monoisotopic (exact) mass is 238 g/mol. The minimum absolute atomic E-state index is 0.0351. The second-order valence-electron chi connectivity index (χ2n) is 3.79. The summed E-state index contributed by atoms with van der Waals surface area (Å²) in [6, 6.07) is 7.30. The molecule has 0 amide bonds. The van der Waals surface area contributed by atoms with Crippen molar-refractivity contribution in [2.24, 2.45) is 0 Å². The van der Waals surface area contributed by atoms with Gasteiger partial charge in [-0.2, -0.15) is 0 Å². The van der Waals surface area contributed by atoms with E-state index >= 15 is 0 Å². The van der Waals surface area contributed by atoms with Gasteiger partial charge in [0.2, 0.25) is 0 Å². The van der Waals surface area contributed by atoms with Crippen molar-refractivity contribution < 1.29 is 24.1 Å². The Morgan fingerprint density at radius 3 is 2.76 bits per heavy atom. The minimum atomic E-state index is -0.881. The average molecular weight is 238 g/mol. The van der Waals surface area contributed by atoms with Crippen LogP contribution in [0.25, 0.3) is 0 Å². The predicted octanol–water partition coefficient (Wildman–Crippen LogP) is 1.58. The smallest absolute Gasteiger partial charge is 0.306 e. The molecule has 92 valence electrons. The van der Waals surface area contributed by atoms with Crippen LogP contribution in [0.5, 0.6) is 5.75 Å². The van der Waals surface area contributed by atoms with Gasteiger partial charge in [0.25, 0.3) is 0 Å². The maximum absolute atomic E-state index is 10.5. The normalized spacial score (nSPS) is 23.6. The third kappa shape index (κ3) is 2.95. The van der Waals surface area contributed by atoms with E-state index in [4.69, 9.17) is 19.3 Å². The number of carboxylic acid groups (broad SMARTS) is 1. The van der Waals surface area contributed by atoms with Gasteiger partial charge < -0.3 is 19.3 Å². The number of hydrogen-bond acceptors (Lipinski definition) is 4. The van der Waals surface area contributed by atoms with E-state index < -0.39 is 12.3 Å². The van der Waals surface area contributed by atoms with E-state index in [0.717, 1.165) is 11.3 Å². The number of aliphatic carboxylic acids is 1. The Morgan fingerprint density at radius 1 is 1.47 bits per heavy atom. The van der Waals surface area contributed by atoms with Crippen molar-refractivity contribution in [3.63, 3.8) is 0 Å². The first-order valence-electron chi connectivity index (χ1n) is 5.32. The van der Waals surface area contributed by atoms with Crippen molar-refractivity contribution >= 4 is 5.97 Å². The number of ether oxygens (including phenoxy) is 3. The van der Waals surface area contributed by atoms with Crippen molar-refractivity contribution in [1.82, 2.24) is 0 Å². The van der Waals surface area contributed by atoms with Crippen molar-refractivity contribution in [3.05, 3.63) is 29.8 Å². The van der Waals surface area contributed by atoms with Gasteiger partial charge in [-0.15, -0.1) is 0 Å². The summed E-state index contributed by atoms with van der Waals surface area (Å²) in [6.07, 6.45) is -0.892. The van der Waals surface area contributed by atoms with Crippen LogP contribution < -0.4 is 4.74 Å². The van der Waals surface area contributed by atoms with Gasteiger partial charge in [0.1, 0.15) is 5.75 Å². The summed E-state index contributed by atoms with van der Waals surface area (Å²) in [4.78, 5) is 10.5. The molecule has 0 radical (unpaired) electrons. The second kappa shape index (κ2) is 5.16. The lowest BCUT2D eigenvalue weighted by molar-refractivity contribution is -0.140. The molecular formula is C12H14O5. The number of carbonyl (C=O) groups is 1. The molecule has 0 spiro atoms. The third-order valence-corrected chi connectivity index (χ3v) is 2.54. The summed E-state index contributed by atoms with van der Waals surface area (Å²) in [5, 5.41) is 8.65. The molecule has 1 aliphatic heterocycles. The number of carboxylic acids is 1. The Kier molecular flexibility index (Phi) is 3.61. The standard InChI is InChI=1S/C12H14O5/c1-15-9-4-2-8(3-5-9)12-16-7-10(17-12)6-11(13)14/h2-5,10,12H,6-7H2,1H3,(H,13,14). The third-order valence-electron chi connectivity index (χ3n) is 2.54. The molecule has 1 aliphatic rings. The van der Waals surface area contributed by atoms with Crippen LogP contribution >= 0.6 is 0 Å². The van der Waals surface area contributed by atoms with E-state index in [-0.39, 0.29) is 12.5 Å². The highest BCUT2D eigenvalue weighted by Crippen LogP contribution is 2.29. The van der Waals surface area contributed by atoms with Gasteiger partial charge in [0.15, 0.2) is 6.29 Å². The summed E-state index contributed by atoms with van der Waals surface area (Å²) in [7, 11) is 1.60. The SMILES string of the molecule is COc1ccc(C2OCC(CC(=O)O)O2)cc1. The van der Waals surface area contributed by atoms with Crippen LogP contribution in [0.3, 0.4) is 0 Å². The quantitative estimate of drug-likeness (QED) is 0.862. The topological polar surface area (TPSA) is 65.0 Å². The second-order valence-corrected chi connectivity index (χ2v) is 3.79. The van der Waals surface area contributed by atoms with Crippen LogP contribution in [0.1, 0.15) is 18.3 Å². The van der Waals surface area contributed by atoms with Crippen molar-refractivity contribution in [3.8, 4) is 5.75 Å². The molecule has 1 fully saturated rings. The number of benzene rings is 1. The minimum Gasteiger partial charge on any atom is -0.497 e. The molecule has 0 aromatic heterocycles. The van der Waals surface area contributed by atoms with Gasteiger partial charge in [-0.1, -0.05) is 12.1 Å². The van der Waals surface area contributed by atoms with Crippen LogP contribution in [0.4, 0.5) is 0 Å². The highest BCUT2D eigenvalue weighted by Gasteiger charge is 2.28. The molecular weight excluding hydrogens is 224 g/mol. The van der Waals surface area contributed by atoms with Crippen LogP contribution in [-0.4, -0.2) is 30.9 Å². The molecule has 2 atom stereocenters. The fraction of sp³-hybridized carbons (Fsp3) is 0.417. The van der Waals surface area contributed by atoms with E-state index in [9.17, 15) is 4.79 Å². The molecule has 2 unspecified atom stereocenters. The van der Waals surface area contributed by atoms with Crippen LogP contribution in [0.2, 0.25) is 0 Å².